The van der Waals surface area contributed by atoms with E-state index in [1.807, 2.05) is 18.2 Å². The SMILES string of the molecule is C=C/C(=C\N=C(N)N)c1cc2ccn(C)c(=O)c2c(Nc2ccc(C3CCN(CCCF)CC3)c(C)c2)n1. The van der Waals surface area contributed by atoms with Gasteiger partial charge < -0.3 is 26.3 Å². The number of alkyl halides is 1. The van der Waals surface area contributed by atoms with Crippen molar-refractivity contribution in [1.82, 2.24) is 14.5 Å². The van der Waals surface area contributed by atoms with Crippen molar-refractivity contribution in [1.29, 1.82) is 0 Å². The van der Waals surface area contributed by atoms with Gasteiger partial charge in [-0.3, -0.25) is 9.18 Å². The van der Waals surface area contributed by atoms with Gasteiger partial charge in [-0.05, 0) is 86.0 Å². The molecule has 200 valence electrons. The lowest BCUT2D eigenvalue weighted by Gasteiger charge is -2.32. The summed E-state index contributed by atoms with van der Waals surface area (Å²) in [6.45, 7) is 8.54. The van der Waals surface area contributed by atoms with E-state index in [1.165, 1.54) is 21.9 Å². The number of piperidine rings is 1. The number of likely N-dealkylation sites (tertiary alicyclic amines) is 1. The summed E-state index contributed by atoms with van der Waals surface area (Å²) in [6, 6.07) is 10.0. The third kappa shape index (κ3) is 6.11. The molecule has 1 saturated heterocycles. The molecule has 0 amide bonds. The highest BCUT2D eigenvalue weighted by Crippen LogP contribution is 2.33. The van der Waals surface area contributed by atoms with Gasteiger partial charge >= 0.3 is 0 Å². The fraction of sp³-hybridized carbons (Fsp3) is 0.345. The average Bonchev–Trinajstić information content (AvgIpc) is 2.90. The number of aliphatic imine (C=N–C) groups is 1. The number of hydrogen-bond acceptors (Lipinski definition) is 5. The Kier molecular flexibility index (Phi) is 8.58. The highest BCUT2D eigenvalue weighted by molar-refractivity contribution is 5.95. The van der Waals surface area contributed by atoms with Crippen LogP contribution in [0.2, 0.25) is 0 Å². The Labute approximate surface area is 222 Å². The van der Waals surface area contributed by atoms with Gasteiger partial charge in [-0.1, -0.05) is 18.7 Å². The summed E-state index contributed by atoms with van der Waals surface area (Å²) in [5.41, 5.74) is 15.4. The Balaban J connectivity index is 1.66. The van der Waals surface area contributed by atoms with Crippen LogP contribution in [0.4, 0.5) is 15.9 Å². The summed E-state index contributed by atoms with van der Waals surface area (Å²) in [7, 11) is 1.72. The first kappa shape index (κ1) is 27.1. The maximum atomic E-state index is 13.1. The van der Waals surface area contributed by atoms with Crippen LogP contribution in [0.25, 0.3) is 16.3 Å². The van der Waals surface area contributed by atoms with Gasteiger partial charge in [-0.15, -0.1) is 0 Å². The monoisotopic (exact) mass is 517 g/mol. The lowest BCUT2D eigenvalue weighted by molar-refractivity contribution is 0.204. The molecule has 2 aromatic heterocycles. The van der Waals surface area contributed by atoms with Crippen molar-refractivity contribution in [2.45, 2.75) is 32.1 Å². The van der Waals surface area contributed by atoms with E-state index in [9.17, 15) is 9.18 Å². The number of nitrogens with one attached hydrogen (secondary N) is 1. The fourth-order valence-corrected chi connectivity index (χ4v) is 5.06. The van der Waals surface area contributed by atoms with Gasteiger partial charge in [0.1, 0.15) is 5.82 Å². The number of rotatable bonds is 9. The molecule has 3 heterocycles. The maximum absolute atomic E-state index is 13.1. The topological polar surface area (TPSA) is 115 Å². The number of nitrogens with zero attached hydrogens (tertiary/aromatic N) is 4. The van der Waals surface area contributed by atoms with E-state index in [0.717, 1.165) is 43.5 Å². The number of anilines is 2. The average molecular weight is 518 g/mol. The van der Waals surface area contributed by atoms with E-state index in [0.29, 0.717) is 34.8 Å². The van der Waals surface area contributed by atoms with Crippen LogP contribution in [-0.2, 0) is 7.05 Å². The molecule has 8 nitrogen and oxygen atoms in total. The number of nitrogens with two attached hydrogens (primary N) is 2. The summed E-state index contributed by atoms with van der Waals surface area (Å²) >= 11 is 0. The molecule has 4 rings (SSSR count). The van der Waals surface area contributed by atoms with E-state index in [-0.39, 0.29) is 18.2 Å². The van der Waals surface area contributed by atoms with Crippen molar-refractivity contribution in [3.63, 3.8) is 0 Å². The van der Waals surface area contributed by atoms with Gasteiger partial charge in [-0.2, -0.15) is 0 Å². The van der Waals surface area contributed by atoms with E-state index in [2.05, 4.69) is 40.8 Å². The predicted molar refractivity (Wildman–Crippen MR) is 154 cm³/mol. The lowest BCUT2D eigenvalue weighted by Crippen LogP contribution is -2.34. The molecule has 1 aromatic carbocycles. The quantitative estimate of drug-likeness (QED) is 0.221. The summed E-state index contributed by atoms with van der Waals surface area (Å²) in [4.78, 5) is 24.2. The number of fused-ring (bicyclic) bond motifs is 1. The van der Waals surface area contributed by atoms with E-state index >= 15 is 0 Å². The van der Waals surface area contributed by atoms with Gasteiger partial charge in [0.2, 0.25) is 0 Å². The molecule has 0 atom stereocenters. The van der Waals surface area contributed by atoms with Crippen molar-refractivity contribution in [3.8, 4) is 0 Å². The van der Waals surface area contributed by atoms with Crippen LogP contribution < -0.4 is 22.3 Å². The first-order valence-corrected chi connectivity index (χ1v) is 12.9. The molecule has 0 aliphatic carbocycles. The Bertz CT molecular complexity index is 1430. The van der Waals surface area contributed by atoms with Crippen LogP contribution >= 0.6 is 0 Å². The zero-order valence-electron chi connectivity index (χ0n) is 22.1. The van der Waals surface area contributed by atoms with Gasteiger partial charge in [0.15, 0.2) is 5.96 Å². The molecular formula is C29H36FN7O. The molecule has 1 aliphatic heterocycles. The molecule has 0 bridgehead atoms. The Morgan fingerprint density at radius 2 is 2.03 bits per heavy atom. The van der Waals surface area contributed by atoms with Gasteiger partial charge in [-0.25, -0.2) is 9.98 Å². The minimum absolute atomic E-state index is 0.0710. The van der Waals surface area contributed by atoms with Gasteiger partial charge in [0, 0.05) is 37.2 Å². The molecule has 38 heavy (non-hydrogen) atoms. The highest BCUT2D eigenvalue weighted by Gasteiger charge is 2.22. The minimum atomic E-state index is -0.256. The summed E-state index contributed by atoms with van der Waals surface area (Å²) in [6.07, 6.45) is 7.59. The van der Waals surface area contributed by atoms with Crippen LogP contribution in [0.3, 0.4) is 0 Å². The normalized spacial score (nSPS) is 15.0. The Morgan fingerprint density at radius 1 is 1.26 bits per heavy atom. The molecule has 3 aromatic rings. The number of guanidine groups is 1. The number of halogens is 1. The molecule has 0 radical (unpaired) electrons. The second kappa shape index (κ2) is 12.0. The summed E-state index contributed by atoms with van der Waals surface area (Å²) < 4.78 is 14.1. The van der Waals surface area contributed by atoms with E-state index < -0.39 is 0 Å². The highest BCUT2D eigenvalue weighted by atomic mass is 19.1. The minimum Gasteiger partial charge on any atom is -0.370 e. The first-order chi connectivity index (χ1) is 18.3. The van der Waals surface area contributed by atoms with E-state index in [4.69, 9.17) is 16.5 Å². The third-order valence-electron chi connectivity index (χ3n) is 7.10. The molecule has 0 unspecified atom stereocenters. The van der Waals surface area contributed by atoms with Gasteiger partial charge in [0.05, 0.1) is 17.8 Å². The Hall–Kier alpha value is -3.98. The molecule has 5 N–H and O–H groups in total. The number of allylic oxidation sites excluding steroid dienone is 2. The summed E-state index contributed by atoms with van der Waals surface area (Å²) in [5, 5.41) is 4.62. The van der Waals surface area contributed by atoms with Crippen molar-refractivity contribution in [2.75, 3.05) is 31.6 Å². The van der Waals surface area contributed by atoms with Crippen LogP contribution in [-0.4, -0.2) is 46.7 Å². The number of aromatic nitrogens is 2. The van der Waals surface area contributed by atoms with Crippen LogP contribution in [0, 0.1) is 6.92 Å². The fourth-order valence-electron chi connectivity index (χ4n) is 5.06. The number of hydrogen-bond donors (Lipinski definition) is 3. The Morgan fingerprint density at radius 3 is 2.68 bits per heavy atom. The largest absolute Gasteiger partial charge is 0.370 e. The molecule has 0 spiro atoms. The number of benzene rings is 1. The van der Waals surface area contributed by atoms with E-state index in [1.54, 1.807) is 19.3 Å². The number of pyridine rings is 2. The van der Waals surface area contributed by atoms with Crippen molar-refractivity contribution >= 4 is 33.8 Å². The van der Waals surface area contributed by atoms with Crippen LogP contribution in [0.15, 0.2) is 65.2 Å². The standard InChI is InChI=1S/C29H36FN7O/c1-4-20(18-33-29(31)32)25-17-22-8-13-36(3)28(38)26(22)27(35-25)34-23-6-7-24(19(2)16-23)21-9-14-37(15-10-21)12-5-11-30/h4,6-8,13,16-18,21H,1,5,9-12,14-15H2,2-3H3,(H,34,35)(H4,31,32,33)/b20-18+. The smallest absolute Gasteiger partial charge is 0.261 e. The molecule has 9 heteroatoms. The third-order valence-corrected chi connectivity index (χ3v) is 7.10. The number of aryl methyl sites for hydroxylation is 2. The second-order valence-electron chi connectivity index (χ2n) is 9.75. The molecular weight excluding hydrogens is 481 g/mol. The maximum Gasteiger partial charge on any atom is 0.261 e. The molecule has 0 saturated carbocycles. The van der Waals surface area contributed by atoms with Crippen LogP contribution in [0.1, 0.15) is 42.0 Å². The molecule has 1 fully saturated rings. The van der Waals surface area contributed by atoms with Crippen LogP contribution in [0.5, 0.6) is 0 Å². The van der Waals surface area contributed by atoms with Crippen molar-refractivity contribution in [2.24, 2.45) is 23.5 Å². The first-order valence-electron chi connectivity index (χ1n) is 12.9. The zero-order chi connectivity index (χ0) is 27.2. The predicted octanol–water partition coefficient (Wildman–Crippen LogP) is 4.32. The summed E-state index contributed by atoms with van der Waals surface area (Å²) in [5.74, 6) is 0.860. The van der Waals surface area contributed by atoms with Crippen molar-refractivity contribution < 1.29 is 4.39 Å². The zero-order valence-corrected chi connectivity index (χ0v) is 22.1. The second-order valence-corrected chi connectivity index (χ2v) is 9.75. The van der Waals surface area contributed by atoms with Gasteiger partial charge in [0.25, 0.3) is 5.56 Å². The molecule has 1 aliphatic rings. The lowest BCUT2D eigenvalue weighted by atomic mass is 9.86. The van der Waals surface area contributed by atoms with Crippen molar-refractivity contribution in [3.05, 3.63) is 82.6 Å².